The fourth-order valence-corrected chi connectivity index (χ4v) is 10.4. The van der Waals surface area contributed by atoms with Crippen molar-refractivity contribution in [2.45, 2.75) is 61.2 Å². The molecule has 7 rings (SSSR count). The minimum Gasteiger partial charge on any atom is -0.338 e. The van der Waals surface area contributed by atoms with Crippen LogP contribution >= 0.6 is 34.5 Å². The number of hydrogen-bond donors (Lipinski definition) is 0. The van der Waals surface area contributed by atoms with E-state index in [1.165, 1.54) is 5.56 Å². The Morgan fingerprint density at radius 2 is 1.67 bits per heavy atom. The van der Waals surface area contributed by atoms with E-state index in [-0.39, 0.29) is 33.5 Å². The Kier molecular flexibility index (Phi) is 7.61. The van der Waals surface area contributed by atoms with E-state index in [0.717, 1.165) is 61.8 Å². The predicted molar refractivity (Wildman–Crippen MR) is 168 cm³/mol. The molecule has 1 atom stereocenters. The van der Waals surface area contributed by atoms with E-state index in [4.69, 9.17) is 23.2 Å². The first kappa shape index (κ1) is 29.3. The summed E-state index contributed by atoms with van der Waals surface area (Å²) in [6.07, 6.45) is 5.99. The average molecular weight is 659 g/mol. The molecular weight excluding hydrogens is 625 g/mol. The van der Waals surface area contributed by atoms with Crippen molar-refractivity contribution >= 4 is 56.4 Å². The second kappa shape index (κ2) is 11.2. The molecular formula is C32H33Cl2N3O4S2. The van der Waals surface area contributed by atoms with Crippen molar-refractivity contribution in [3.05, 3.63) is 86.2 Å². The van der Waals surface area contributed by atoms with Crippen LogP contribution in [-0.4, -0.2) is 66.6 Å². The fourth-order valence-electron chi connectivity index (χ4n) is 7.15. The summed E-state index contributed by atoms with van der Waals surface area (Å²) in [7, 11) is -3.56. The molecule has 3 heterocycles. The third-order valence-corrected chi connectivity index (χ3v) is 13.6. The average Bonchev–Trinajstić information content (AvgIpc) is 3.38. The van der Waals surface area contributed by atoms with Gasteiger partial charge in [0, 0.05) is 37.8 Å². The van der Waals surface area contributed by atoms with Crippen molar-refractivity contribution in [1.29, 1.82) is 0 Å². The van der Waals surface area contributed by atoms with Gasteiger partial charge in [-0.3, -0.25) is 9.59 Å². The molecule has 0 N–H and O–H groups in total. The number of likely N-dealkylation sites (tertiary alicyclic amines) is 1. The molecule has 7 nitrogen and oxygen atoms in total. The quantitative estimate of drug-likeness (QED) is 0.297. The van der Waals surface area contributed by atoms with Crippen LogP contribution in [0.1, 0.15) is 76.4 Å². The summed E-state index contributed by atoms with van der Waals surface area (Å²) in [5, 5.41) is 0.461. The van der Waals surface area contributed by atoms with Gasteiger partial charge < -0.3 is 9.80 Å². The molecule has 226 valence electrons. The number of nitrogens with zero attached hydrogens (tertiary/aromatic N) is 3. The lowest BCUT2D eigenvalue weighted by atomic mass is 9.78. The van der Waals surface area contributed by atoms with Gasteiger partial charge in [0.05, 0.1) is 21.0 Å². The van der Waals surface area contributed by atoms with Gasteiger partial charge in [-0.2, -0.15) is 4.31 Å². The third-order valence-electron chi connectivity index (χ3n) is 9.71. The normalized spacial score (nSPS) is 21.7. The number of carbonyl (C=O) groups is 2. The number of halogens is 2. The van der Waals surface area contributed by atoms with E-state index in [1.807, 2.05) is 34.1 Å². The molecule has 2 aliphatic heterocycles. The number of hydrogen-bond acceptors (Lipinski definition) is 5. The van der Waals surface area contributed by atoms with E-state index in [2.05, 4.69) is 6.07 Å². The maximum Gasteiger partial charge on any atom is 0.256 e. The number of fused-ring (bicyclic) bond motifs is 1. The summed E-state index contributed by atoms with van der Waals surface area (Å²) < 4.78 is 28.5. The molecule has 0 radical (unpaired) electrons. The Labute approximate surface area is 266 Å². The van der Waals surface area contributed by atoms with Crippen molar-refractivity contribution in [2.24, 2.45) is 5.41 Å². The number of amides is 2. The summed E-state index contributed by atoms with van der Waals surface area (Å²) in [4.78, 5) is 31.5. The van der Waals surface area contributed by atoms with Crippen molar-refractivity contribution in [1.82, 2.24) is 14.1 Å². The number of sulfonamides is 1. The zero-order valence-electron chi connectivity index (χ0n) is 23.7. The summed E-state index contributed by atoms with van der Waals surface area (Å²) in [6.45, 7) is 2.17. The Hall–Kier alpha value is -2.43. The molecule has 3 fully saturated rings. The molecule has 11 heteroatoms. The number of piperidine rings is 1. The largest absolute Gasteiger partial charge is 0.338 e. The lowest BCUT2D eigenvalue weighted by Gasteiger charge is -2.38. The molecule has 2 aromatic carbocycles. The van der Waals surface area contributed by atoms with Crippen LogP contribution in [0, 0.1) is 5.41 Å². The standard InChI is InChI=1S/C32H33Cl2N3O4S2/c33-26-4-2-1-3-24(26)31(39)37(23-8-9-23)27-10-7-21-5-6-22(19-25(21)27)30(38)35-16-13-32(20-35)14-17-36(18-15-32)43(40,41)29-12-11-28(34)42-29/h1-6,11-12,19,23,27H,7-10,13-18,20H2. The predicted octanol–water partition coefficient (Wildman–Crippen LogP) is 6.66. The number of thiophene rings is 1. The smallest absolute Gasteiger partial charge is 0.256 e. The monoisotopic (exact) mass is 657 g/mol. The highest BCUT2D eigenvalue weighted by molar-refractivity contribution is 7.91. The van der Waals surface area contributed by atoms with Gasteiger partial charge in [0.25, 0.3) is 21.8 Å². The Morgan fingerprint density at radius 1 is 0.930 bits per heavy atom. The van der Waals surface area contributed by atoms with Crippen LogP contribution in [0.25, 0.3) is 0 Å². The van der Waals surface area contributed by atoms with Gasteiger partial charge in [-0.1, -0.05) is 41.4 Å². The molecule has 1 unspecified atom stereocenters. The molecule has 0 bridgehead atoms. The van der Waals surface area contributed by atoms with Gasteiger partial charge in [0.1, 0.15) is 4.21 Å². The molecule has 2 amide bonds. The van der Waals surface area contributed by atoms with Gasteiger partial charge in [0.2, 0.25) is 0 Å². The molecule has 43 heavy (non-hydrogen) atoms. The number of carbonyl (C=O) groups excluding carboxylic acids is 2. The van der Waals surface area contributed by atoms with E-state index in [9.17, 15) is 18.0 Å². The minimum atomic E-state index is -3.56. The third kappa shape index (κ3) is 5.41. The SMILES string of the molecule is O=C(c1ccc2c(c1)C(N(C(=O)c1ccccc1Cl)C1CC1)CC2)N1CCC2(CCN(S(=O)(=O)c3ccc(Cl)s3)CC2)C1. The van der Waals surface area contributed by atoms with E-state index >= 15 is 0 Å². The van der Waals surface area contributed by atoms with Gasteiger partial charge >= 0.3 is 0 Å². The van der Waals surface area contributed by atoms with Crippen LogP contribution in [0.4, 0.5) is 0 Å². The lowest BCUT2D eigenvalue weighted by molar-refractivity contribution is 0.0658. The van der Waals surface area contributed by atoms with Crippen LogP contribution < -0.4 is 0 Å². The molecule has 2 aliphatic carbocycles. The summed E-state index contributed by atoms with van der Waals surface area (Å²) in [5.74, 6) is -0.0382. The highest BCUT2D eigenvalue weighted by atomic mass is 35.5. The maximum absolute atomic E-state index is 13.8. The van der Waals surface area contributed by atoms with Crippen molar-refractivity contribution in [3.8, 4) is 0 Å². The highest BCUT2D eigenvalue weighted by Crippen LogP contribution is 2.45. The molecule has 2 saturated heterocycles. The first-order valence-corrected chi connectivity index (χ1v) is 17.9. The minimum absolute atomic E-state index is 0.00371. The van der Waals surface area contributed by atoms with Crippen molar-refractivity contribution in [2.75, 3.05) is 26.2 Å². The van der Waals surface area contributed by atoms with Crippen molar-refractivity contribution < 1.29 is 18.0 Å². The van der Waals surface area contributed by atoms with E-state index < -0.39 is 10.0 Å². The lowest BCUT2D eigenvalue weighted by Crippen LogP contribution is -2.44. The Balaban J connectivity index is 1.05. The highest BCUT2D eigenvalue weighted by Gasteiger charge is 2.45. The molecule has 1 aromatic heterocycles. The van der Waals surface area contributed by atoms with Gasteiger partial charge in [0.15, 0.2) is 0 Å². The molecule has 4 aliphatic rings. The summed E-state index contributed by atoms with van der Waals surface area (Å²) in [6, 6.07) is 16.5. The topological polar surface area (TPSA) is 78.0 Å². The second-order valence-corrected chi connectivity index (χ2v) is 16.6. The molecule has 1 spiro atoms. The number of benzene rings is 2. The van der Waals surface area contributed by atoms with Gasteiger partial charge in [-0.05, 0) is 97.9 Å². The van der Waals surface area contributed by atoms with Crippen LogP contribution in [-0.2, 0) is 16.4 Å². The van der Waals surface area contributed by atoms with Gasteiger partial charge in [-0.15, -0.1) is 11.3 Å². The van der Waals surface area contributed by atoms with Crippen LogP contribution in [0.5, 0.6) is 0 Å². The van der Waals surface area contributed by atoms with Gasteiger partial charge in [-0.25, -0.2) is 8.42 Å². The van der Waals surface area contributed by atoms with E-state index in [1.54, 1.807) is 28.6 Å². The van der Waals surface area contributed by atoms with Crippen LogP contribution in [0.3, 0.4) is 0 Å². The molecule has 1 saturated carbocycles. The van der Waals surface area contributed by atoms with Crippen molar-refractivity contribution in [3.63, 3.8) is 0 Å². The van der Waals surface area contributed by atoms with Crippen LogP contribution in [0.15, 0.2) is 58.8 Å². The Bertz CT molecular complexity index is 1700. The first-order chi connectivity index (χ1) is 20.6. The maximum atomic E-state index is 13.8. The zero-order valence-corrected chi connectivity index (χ0v) is 26.8. The number of aryl methyl sites for hydroxylation is 1. The zero-order chi connectivity index (χ0) is 29.9. The van der Waals surface area contributed by atoms with Crippen LogP contribution in [0.2, 0.25) is 9.36 Å². The second-order valence-electron chi connectivity index (χ2n) is 12.3. The number of rotatable bonds is 6. The first-order valence-electron chi connectivity index (χ1n) is 14.9. The fraction of sp³-hybridized carbons (Fsp3) is 0.438. The van der Waals surface area contributed by atoms with E-state index in [0.29, 0.717) is 46.7 Å². The summed E-state index contributed by atoms with van der Waals surface area (Å²) >= 11 is 13.5. The Morgan fingerprint density at radius 3 is 2.37 bits per heavy atom. The summed E-state index contributed by atoms with van der Waals surface area (Å²) in [5.41, 5.74) is 3.37. The molecule has 3 aromatic rings.